The number of rotatable bonds is 5. The monoisotopic (exact) mass is 426 g/mol. The molecule has 3 nitrogen and oxygen atoms in total. The minimum Gasteiger partial charge on any atom is -0.342 e. The van der Waals surface area contributed by atoms with Crippen LogP contribution in [-0.4, -0.2) is 30.4 Å². The number of halogens is 4. The predicted octanol–water partition coefficient (Wildman–Crippen LogP) is 4.82. The Balaban J connectivity index is 0.00000300. The van der Waals surface area contributed by atoms with E-state index in [0.29, 0.717) is 19.6 Å². The van der Waals surface area contributed by atoms with Gasteiger partial charge in [-0.15, -0.1) is 12.4 Å². The topological polar surface area (TPSA) is 46.3 Å². The molecule has 7 heteroatoms. The van der Waals surface area contributed by atoms with E-state index in [2.05, 4.69) is 12.1 Å². The van der Waals surface area contributed by atoms with Crippen LogP contribution in [0.1, 0.15) is 41.9 Å². The third-order valence-corrected chi connectivity index (χ3v) is 5.61. The lowest BCUT2D eigenvalue weighted by Gasteiger charge is -2.20. The average Bonchev–Trinajstić information content (AvgIpc) is 3.12. The summed E-state index contributed by atoms with van der Waals surface area (Å²) in [4.78, 5) is 14.6. The molecule has 1 amide bonds. The molecule has 0 aromatic heterocycles. The van der Waals surface area contributed by atoms with Crippen molar-refractivity contribution in [2.24, 2.45) is 11.7 Å². The van der Waals surface area contributed by atoms with Crippen molar-refractivity contribution in [1.29, 1.82) is 0 Å². The van der Waals surface area contributed by atoms with Crippen LogP contribution in [0, 0.1) is 5.92 Å². The average molecular weight is 427 g/mol. The summed E-state index contributed by atoms with van der Waals surface area (Å²) in [6.45, 7) is 3.63. The van der Waals surface area contributed by atoms with Crippen molar-refractivity contribution in [2.45, 2.75) is 31.4 Å². The summed E-state index contributed by atoms with van der Waals surface area (Å²) in [5.41, 5.74) is 7.18. The molecule has 2 aromatic rings. The number of hydrogen-bond acceptors (Lipinski definition) is 2. The van der Waals surface area contributed by atoms with E-state index >= 15 is 0 Å². The van der Waals surface area contributed by atoms with E-state index in [1.165, 1.54) is 17.7 Å². The van der Waals surface area contributed by atoms with E-state index < -0.39 is 11.7 Å². The van der Waals surface area contributed by atoms with Crippen LogP contribution >= 0.6 is 12.4 Å². The second kappa shape index (κ2) is 9.63. The molecule has 29 heavy (non-hydrogen) atoms. The number of amides is 1. The molecule has 1 aliphatic rings. The Labute approximate surface area is 175 Å². The second-order valence-corrected chi connectivity index (χ2v) is 7.54. The fourth-order valence-electron chi connectivity index (χ4n) is 3.90. The summed E-state index contributed by atoms with van der Waals surface area (Å²) in [5.74, 6) is 0.301. The first-order chi connectivity index (χ1) is 13.3. The molecule has 0 aliphatic carbocycles. The van der Waals surface area contributed by atoms with Gasteiger partial charge in [0.1, 0.15) is 0 Å². The number of nitrogens with zero attached hydrogens (tertiary/aromatic N) is 1. The van der Waals surface area contributed by atoms with Gasteiger partial charge in [0.15, 0.2) is 0 Å². The first-order valence-corrected chi connectivity index (χ1v) is 9.49. The SMILES string of the molecule is CC(CC(=O)N1C[C@@H](CN)[C@H](c2ccccc2)C1)c1ccc(C(F)(F)F)cc1.Cl. The standard InChI is InChI=1S/C22H25F3N2O.ClH/c1-15(16-7-9-19(10-8-16)22(23,24)25)11-21(28)27-13-18(12-26)20(14-27)17-5-3-2-4-6-17;/h2-10,15,18,20H,11-14,26H2,1H3;1H/t15?,18-,20+;/m1./s1. The summed E-state index contributed by atoms with van der Waals surface area (Å²) < 4.78 is 38.1. The lowest BCUT2D eigenvalue weighted by atomic mass is 9.89. The molecule has 0 saturated carbocycles. The summed E-state index contributed by atoms with van der Waals surface area (Å²) in [7, 11) is 0. The fraction of sp³-hybridized carbons (Fsp3) is 0.409. The molecule has 158 valence electrons. The molecule has 0 spiro atoms. The highest BCUT2D eigenvalue weighted by Gasteiger charge is 2.35. The van der Waals surface area contributed by atoms with E-state index in [1.54, 1.807) is 0 Å². The van der Waals surface area contributed by atoms with Crippen LogP contribution in [0.2, 0.25) is 0 Å². The highest BCUT2D eigenvalue weighted by molar-refractivity contribution is 5.85. The van der Waals surface area contributed by atoms with E-state index in [9.17, 15) is 18.0 Å². The van der Waals surface area contributed by atoms with Gasteiger partial charge < -0.3 is 10.6 Å². The van der Waals surface area contributed by atoms with Crippen LogP contribution in [0.15, 0.2) is 54.6 Å². The summed E-state index contributed by atoms with van der Waals surface area (Å²) >= 11 is 0. The first-order valence-electron chi connectivity index (χ1n) is 9.49. The highest BCUT2D eigenvalue weighted by atomic mass is 35.5. The van der Waals surface area contributed by atoms with Crippen LogP contribution < -0.4 is 5.73 Å². The van der Waals surface area contributed by atoms with Crippen molar-refractivity contribution in [3.05, 3.63) is 71.3 Å². The minimum atomic E-state index is -4.35. The Morgan fingerprint density at radius 3 is 2.28 bits per heavy atom. The molecule has 0 radical (unpaired) electrons. The van der Waals surface area contributed by atoms with Gasteiger partial charge in [-0.05, 0) is 41.6 Å². The largest absolute Gasteiger partial charge is 0.416 e. The van der Waals surface area contributed by atoms with Crippen molar-refractivity contribution in [2.75, 3.05) is 19.6 Å². The number of nitrogens with two attached hydrogens (primary N) is 1. The fourth-order valence-corrected chi connectivity index (χ4v) is 3.90. The Hall–Kier alpha value is -2.05. The highest BCUT2D eigenvalue weighted by Crippen LogP contribution is 2.34. The molecular weight excluding hydrogens is 401 g/mol. The summed E-state index contributed by atoms with van der Waals surface area (Å²) in [5, 5.41) is 0. The minimum absolute atomic E-state index is 0. The van der Waals surface area contributed by atoms with Crippen molar-refractivity contribution in [3.63, 3.8) is 0 Å². The van der Waals surface area contributed by atoms with Crippen LogP contribution in [-0.2, 0) is 11.0 Å². The Bertz CT molecular complexity index is 796. The number of carbonyl (C=O) groups excluding carboxylic acids is 1. The molecule has 0 bridgehead atoms. The molecule has 1 aliphatic heterocycles. The molecule has 1 heterocycles. The first kappa shape index (κ1) is 23.2. The van der Waals surface area contributed by atoms with Crippen LogP contribution in [0.25, 0.3) is 0 Å². The molecule has 3 rings (SSSR count). The zero-order chi connectivity index (χ0) is 20.3. The van der Waals surface area contributed by atoms with Gasteiger partial charge in [0.2, 0.25) is 5.91 Å². The molecule has 2 aromatic carbocycles. The third kappa shape index (κ3) is 5.52. The molecule has 3 atom stereocenters. The lowest BCUT2D eigenvalue weighted by Crippen LogP contribution is -2.30. The predicted molar refractivity (Wildman–Crippen MR) is 110 cm³/mol. The van der Waals surface area contributed by atoms with E-state index in [4.69, 9.17) is 5.73 Å². The van der Waals surface area contributed by atoms with Crippen molar-refractivity contribution >= 4 is 18.3 Å². The third-order valence-electron chi connectivity index (χ3n) is 5.61. The van der Waals surface area contributed by atoms with E-state index in [0.717, 1.165) is 17.7 Å². The van der Waals surface area contributed by atoms with Gasteiger partial charge in [0, 0.05) is 25.4 Å². The van der Waals surface area contributed by atoms with Gasteiger partial charge in [-0.2, -0.15) is 13.2 Å². The van der Waals surface area contributed by atoms with Crippen molar-refractivity contribution in [3.8, 4) is 0 Å². The van der Waals surface area contributed by atoms with Crippen LogP contribution in [0.3, 0.4) is 0 Å². The maximum atomic E-state index is 12.8. The van der Waals surface area contributed by atoms with Gasteiger partial charge in [-0.25, -0.2) is 0 Å². The number of hydrogen-bond donors (Lipinski definition) is 1. The van der Waals surface area contributed by atoms with Crippen molar-refractivity contribution in [1.82, 2.24) is 4.90 Å². The molecule has 1 unspecified atom stereocenters. The lowest BCUT2D eigenvalue weighted by molar-refractivity contribution is -0.137. The Morgan fingerprint density at radius 1 is 1.10 bits per heavy atom. The van der Waals surface area contributed by atoms with Crippen LogP contribution in [0.4, 0.5) is 13.2 Å². The second-order valence-electron chi connectivity index (χ2n) is 7.54. The van der Waals surface area contributed by atoms with Gasteiger partial charge >= 0.3 is 6.18 Å². The number of likely N-dealkylation sites (tertiary alicyclic amines) is 1. The zero-order valence-corrected chi connectivity index (χ0v) is 17.0. The smallest absolute Gasteiger partial charge is 0.342 e. The van der Waals surface area contributed by atoms with E-state index in [1.807, 2.05) is 30.0 Å². The van der Waals surface area contributed by atoms with Crippen molar-refractivity contribution < 1.29 is 18.0 Å². The molecule has 1 fully saturated rings. The van der Waals surface area contributed by atoms with Gasteiger partial charge in [-0.1, -0.05) is 49.4 Å². The van der Waals surface area contributed by atoms with Gasteiger partial charge in [-0.3, -0.25) is 4.79 Å². The molecule has 2 N–H and O–H groups in total. The Morgan fingerprint density at radius 2 is 1.72 bits per heavy atom. The van der Waals surface area contributed by atoms with E-state index in [-0.39, 0.29) is 42.5 Å². The molecular formula is C22H26ClF3N2O. The number of benzene rings is 2. The maximum Gasteiger partial charge on any atom is 0.416 e. The van der Waals surface area contributed by atoms with Gasteiger partial charge in [0.25, 0.3) is 0 Å². The number of carbonyl (C=O) groups is 1. The molecule has 1 saturated heterocycles. The Kier molecular flexibility index (Phi) is 7.72. The summed E-state index contributed by atoms with van der Waals surface area (Å²) in [6, 6.07) is 15.1. The quantitative estimate of drug-likeness (QED) is 0.744. The maximum absolute atomic E-state index is 12.8. The van der Waals surface area contributed by atoms with Gasteiger partial charge in [0.05, 0.1) is 5.56 Å². The van der Waals surface area contributed by atoms with Crippen LogP contribution in [0.5, 0.6) is 0 Å². The number of alkyl halides is 3. The zero-order valence-electron chi connectivity index (χ0n) is 16.2. The normalized spacial score (nSPS) is 20.2. The summed E-state index contributed by atoms with van der Waals surface area (Å²) in [6.07, 6.45) is -4.08.